The van der Waals surface area contributed by atoms with Crippen LogP contribution in [0.3, 0.4) is 0 Å². The van der Waals surface area contributed by atoms with Gasteiger partial charge in [0.2, 0.25) is 0 Å². The summed E-state index contributed by atoms with van der Waals surface area (Å²) < 4.78 is 10.9. The largest absolute Gasteiger partial charge is 0.380 e. The maximum atomic E-state index is 5.45. The van der Waals surface area contributed by atoms with Gasteiger partial charge in [-0.2, -0.15) is 0 Å². The third-order valence-corrected chi connectivity index (χ3v) is 3.03. The first-order chi connectivity index (χ1) is 9.81. The third-order valence-electron chi connectivity index (χ3n) is 3.03. The first-order valence-electron chi connectivity index (χ1n) is 7.31. The molecule has 1 aromatic heterocycles. The number of aromatic nitrogens is 1. The van der Waals surface area contributed by atoms with Crippen LogP contribution in [-0.4, -0.2) is 56.4 Å². The van der Waals surface area contributed by atoms with Gasteiger partial charge in [0, 0.05) is 51.7 Å². The van der Waals surface area contributed by atoms with Gasteiger partial charge >= 0.3 is 0 Å². The standard InChI is InChI=1S/C15H27N3O2/c1-4-19-11-9-18(10-12-20-5-2)13-14-7-6-8-17-15(14)16-3/h6-8H,4-5,9-13H2,1-3H3,(H,16,17). The fourth-order valence-corrected chi connectivity index (χ4v) is 1.98. The summed E-state index contributed by atoms with van der Waals surface area (Å²) in [4.78, 5) is 6.68. The van der Waals surface area contributed by atoms with Gasteiger partial charge in [0.15, 0.2) is 0 Å². The normalized spacial score (nSPS) is 11.0. The number of nitrogens with one attached hydrogen (secondary N) is 1. The molecular weight excluding hydrogens is 254 g/mol. The van der Waals surface area contributed by atoms with E-state index < -0.39 is 0 Å². The Balaban J connectivity index is 2.56. The zero-order valence-corrected chi connectivity index (χ0v) is 12.9. The van der Waals surface area contributed by atoms with Gasteiger partial charge in [-0.05, 0) is 19.9 Å². The Labute approximate surface area is 122 Å². The average Bonchev–Trinajstić information content (AvgIpc) is 2.48. The summed E-state index contributed by atoms with van der Waals surface area (Å²) in [6.45, 7) is 9.70. The minimum absolute atomic E-state index is 0.748. The van der Waals surface area contributed by atoms with Crippen molar-refractivity contribution in [3.8, 4) is 0 Å². The van der Waals surface area contributed by atoms with Gasteiger partial charge in [0.25, 0.3) is 0 Å². The van der Waals surface area contributed by atoms with E-state index >= 15 is 0 Å². The number of hydrogen-bond acceptors (Lipinski definition) is 5. The predicted molar refractivity (Wildman–Crippen MR) is 82.0 cm³/mol. The van der Waals surface area contributed by atoms with Crippen molar-refractivity contribution in [3.63, 3.8) is 0 Å². The molecule has 0 aliphatic carbocycles. The zero-order chi connectivity index (χ0) is 14.6. The monoisotopic (exact) mass is 281 g/mol. The highest BCUT2D eigenvalue weighted by Gasteiger charge is 2.09. The van der Waals surface area contributed by atoms with Gasteiger partial charge in [0.05, 0.1) is 13.2 Å². The van der Waals surface area contributed by atoms with Crippen LogP contribution in [0.2, 0.25) is 0 Å². The molecule has 0 fully saturated rings. The van der Waals surface area contributed by atoms with Gasteiger partial charge in [-0.1, -0.05) is 6.07 Å². The summed E-state index contributed by atoms with van der Waals surface area (Å²) in [5.41, 5.74) is 1.20. The molecule has 1 rings (SSSR count). The molecule has 20 heavy (non-hydrogen) atoms. The van der Waals surface area contributed by atoms with Crippen molar-refractivity contribution in [3.05, 3.63) is 23.9 Å². The van der Waals surface area contributed by atoms with Crippen LogP contribution >= 0.6 is 0 Å². The van der Waals surface area contributed by atoms with Gasteiger partial charge in [-0.15, -0.1) is 0 Å². The summed E-state index contributed by atoms with van der Waals surface area (Å²) in [6.07, 6.45) is 1.81. The van der Waals surface area contributed by atoms with E-state index in [1.165, 1.54) is 5.56 Å². The van der Waals surface area contributed by atoms with Gasteiger partial charge in [0.1, 0.15) is 5.82 Å². The maximum Gasteiger partial charge on any atom is 0.130 e. The molecule has 114 valence electrons. The van der Waals surface area contributed by atoms with Gasteiger partial charge in [-0.3, -0.25) is 4.90 Å². The van der Waals surface area contributed by atoms with Gasteiger partial charge < -0.3 is 14.8 Å². The Hall–Kier alpha value is -1.17. The van der Waals surface area contributed by atoms with Crippen molar-refractivity contribution in [2.24, 2.45) is 0 Å². The number of pyridine rings is 1. The number of hydrogen-bond donors (Lipinski definition) is 1. The lowest BCUT2D eigenvalue weighted by molar-refractivity contribution is 0.0798. The van der Waals surface area contributed by atoms with E-state index in [2.05, 4.69) is 21.3 Å². The maximum absolute atomic E-state index is 5.45. The highest BCUT2D eigenvalue weighted by atomic mass is 16.5. The molecule has 1 N–H and O–H groups in total. The SMILES string of the molecule is CCOCCN(CCOCC)Cc1cccnc1NC. The van der Waals surface area contributed by atoms with E-state index in [1.807, 2.05) is 27.0 Å². The molecule has 0 bridgehead atoms. The van der Waals surface area contributed by atoms with Crippen LogP contribution in [0.25, 0.3) is 0 Å². The second-order valence-electron chi connectivity index (χ2n) is 4.43. The average molecular weight is 281 g/mol. The highest BCUT2D eigenvalue weighted by Crippen LogP contribution is 2.13. The van der Waals surface area contributed by atoms with Crippen LogP contribution in [0.1, 0.15) is 19.4 Å². The van der Waals surface area contributed by atoms with Crippen LogP contribution in [0, 0.1) is 0 Å². The molecule has 0 aromatic carbocycles. The zero-order valence-electron chi connectivity index (χ0n) is 12.9. The van der Waals surface area contributed by atoms with E-state index in [9.17, 15) is 0 Å². The number of ether oxygens (including phenoxy) is 2. The van der Waals surface area contributed by atoms with E-state index in [0.29, 0.717) is 0 Å². The molecule has 0 unspecified atom stereocenters. The molecule has 0 aliphatic heterocycles. The van der Waals surface area contributed by atoms with E-state index in [0.717, 1.165) is 51.9 Å². The second-order valence-corrected chi connectivity index (χ2v) is 4.43. The first-order valence-corrected chi connectivity index (χ1v) is 7.31. The molecule has 5 nitrogen and oxygen atoms in total. The van der Waals surface area contributed by atoms with Crippen molar-refractivity contribution < 1.29 is 9.47 Å². The van der Waals surface area contributed by atoms with Crippen molar-refractivity contribution >= 4 is 5.82 Å². The lowest BCUT2D eigenvalue weighted by Crippen LogP contribution is -2.31. The minimum atomic E-state index is 0.748. The smallest absolute Gasteiger partial charge is 0.130 e. The van der Waals surface area contributed by atoms with E-state index in [4.69, 9.17) is 9.47 Å². The quantitative estimate of drug-likeness (QED) is 0.629. The lowest BCUT2D eigenvalue weighted by Gasteiger charge is -2.23. The summed E-state index contributed by atoms with van der Waals surface area (Å²) >= 11 is 0. The third kappa shape index (κ3) is 6.32. The molecule has 0 amide bonds. The fraction of sp³-hybridized carbons (Fsp3) is 0.667. The Bertz CT molecular complexity index is 351. The van der Waals surface area contributed by atoms with Crippen molar-refractivity contribution in [2.45, 2.75) is 20.4 Å². The highest BCUT2D eigenvalue weighted by molar-refractivity contribution is 5.42. The molecule has 0 radical (unpaired) electrons. The van der Waals surface area contributed by atoms with Crippen molar-refractivity contribution in [1.82, 2.24) is 9.88 Å². The summed E-state index contributed by atoms with van der Waals surface area (Å²) in [7, 11) is 1.90. The number of anilines is 1. The summed E-state index contributed by atoms with van der Waals surface area (Å²) in [5, 5.41) is 3.14. The van der Waals surface area contributed by atoms with Crippen LogP contribution in [0.4, 0.5) is 5.82 Å². The molecule has 1 aromatic rings. The molecular formula is C15H27N3O2. The van der Waals surface area contributed by atoms with Crippen LogP contribution in [-0.2, 0) is 16.0 Å². The minimum Gasteiger partial charge on any atom is -0.380 e. The molecule has 5 heteroatoms. The lowest BCUT2D eigenvalue weighted by atomic mass is 10.2. The Morgan fingerprint density at radius 3 is 2.35 bits per heavy atom. The van der Waals surface area contributed by atoms with Crippen LogP contribution in [0.15, 0.2) is 18.3 Å². The molecule has 0 atom stereocenters. The van der Waals surface area contributed by atoms with Crippen molar-refractivity contribution in [1.29, 1.82) is 0 Å². The van der Waals surface area contributed by atoms with E-state index in [-0.39, 0.29) is 0 Å². The Morgan fingerprint density at radius 2 is 1.80 bits per heavy atom. The van der Waals surface area contributed by atoms with Crippen molar-refractivity contribution in [2.75, 3.05) is 51.9 Å². The summed E-state index contributed by atoms with van der Waals surface area (Å²) in [6, 6.07) is 4.08. The number of nitrogens with zero attached hydrogens (tertiary/aromatic N) is 2. The summed E-state index contributed by atoms with van der Waals surface area (Å²) in [5.74, 6) is 0.935. The Morgan fingerprint density at radius 1 is 1.15 bits per heavy atom. The topological polar surface area (TPSA) is 46.6 Å². The predicted octanol–water partition coefficient (Wildman–Crippen LogP) is 2.00. The van der Waals surface area contributed by atoms with Crippen LogP contribution in [0.5, 0.6) is 0 Å². The fourth-order valence-electron chi connectivity index (χ4n) is 1.98. The van der Waals surface area contributed by atoms with Crippen LogP contribution < -0.4 is 5.32 Å². The Kier molecular flexibility index (Phi) is 8.95. The molecule has 1 heterocycles. The van der Waals surface area contributed by atoms with Gasteiger partial charge in [-0.25, -0.2) is 4.98 Å². The molecule has 0 saturated carbocycles. The van der Waals surface area contributed by atoms with E-state index in [1.54, 1.807) is 6.20 Å². The molecule has 0 spiro atoms. The molecule has 0 saturated heterocycles. The second kappa shape index (κ2) is 10.6. The first kappa shape index (κ1) is 16.9. The molecule has 0 aliphatic rings. The number of rotatable bonds is 11.